The molecule has 0 radical (unpaired) electrons. The minimum absolute atomic E-state index is 0.474. The summed E-state index contributed by atoms with van der Waals surface area (Å²) in [6.07, 6.45) is 2.44. The van der Waals surface area contributed by atoms with Gasteiger partial charge in [-0.15, -0.1) is 0 Å². The van der Waals surface area contributed by atoms with E-state index in [0.717, 1.165) is 27.3 Å². The molecule has 1 N–H and O–H groups in total. The van der Waals surface area contributed by atoms with Gasteiger partial charge in [0.05, 0.1) is 23.0 Å². The van der Waals surface area contributed by atoms with Gasteiger partial charge >= 0.3 is 0 Å². The molecule has 1 fully saturated rings. The normalized spacial score (nSPS) is 14.4. The number of ether oxygens (including phenoxy) is 1. The van der Waals surface area contributed by atoms with Crippen molar-refractivity contribution in [2.24, 2.45) is 0 Å². The Morgan fingerprint density at radius 2 is 2.17 bits per heavy atom. The molecule has 5 rings (SSSR count). The highest BCUT2D eigenvalue weighted by Crippen LogP contribution is 2.39. The van der Waals surface area contributed by atoms with Crippen LogP contribution in [0, 0.1) is 0 Å². The van der Waals surface area contributed by atoms with Crippen LogP contribution in [-0.2, 0) is 0 Å². The van der Waals surface area contributed by atoms with Gasteiger partial charge in [-0.3, -0.25) is 0 Å². The zero-order chi connectivity index (χ0) is 16.1. The van der Waals surface area contributed by atoms with Crippen molar-refractivity contribution in [1.29, 1.82) is 0 Å². The van der Waals surface area contributed by atoms with Gasteiger partial charge in [-0.1, -0.05) is 5.16 Å². The van der Waals surface area contributed by atoms with E-state index >= 15 is 0 Å². The molecule has 0 spiro atoms. The largest absolute Gasteiger partial charge is 0.480 e. The second-order valence-corrected chi connectivity index (χ2v) is 6.59. The minimum atomic E-state index is 0.474. The zero-order valence-corrected chi connectivity index (χ0v) is 13.6. The molecule has 1 saturated carbocycles. The molecule has 8 heteroatoms. The highest BCUT2D eigenvalue weighted by molar-refractivity contribution is 7.09. The molecule has 0 saturated heterocycles. The van der Waals surface area contributed by atoms with Crippen LogP contribution in [0.2, 0.25) is 0 Å². The van der Waals surface area contributed by atoms with E-state index < -0.39 is 0 Å². The van der Waals surface area contributed by atoms with Crippen molar-refractivity contribution in [3.63, 3.8) is 0 Å². The molecule has 3 heterocycles. The van der Waals surface area contributed by atoms with Crippen molar-refractivity contribution in [1.82, 2.24) is 24.5 Å². The molecule has 1 aromatic carbocycles. The zero-order valence-electron chi connectivity index (χ0n) is 12.8. The number of imidazole rings is 1. The first kappa shape index (κ1) is 13.7. The number of aromatic amines is 1. The summed E-state index contributed by atoms with van der Waals surface area (Å²) in [5.41, 5.74) is 2.82. The summed E-state index contributed by atoms with van der Waals surface area (Å²) in [6.45, 7) is 0. The van der Waals surface area contributed by atoms with Crippen LogP contribution >= 0.6 is 11.5 Å². The number of H-pyrrole nitrogens is 1. The van der Waals surface area contributed by atoms with Crippen molar-refractivity contribution in [3.8, 4) is 28.0 Å². The van der Waals surface area contributed by atoms with Gasteiger partial charge in [-0.05, 0) is 42.6 Å². The number of nitrogens with zero attached hydrogens (tertiary/aromatic N) is 4. The van der Waals surface area contributed by atoms with E-state index in [0.29, 0.717) is 23.5 Å². The van der Waals surface area contributed by atoms with Crippen LogP contribution in [0.5, 0.6) is 5.88 Å². The quantitative estimate of drug-likeness (QED) is 0.611. The summed E-state index contributed by atoms with van der Waals surface area (Å²) in [5.74, 6) is 3.20. The number of methoxy groups -OCH3 is 1. The van der Waals surface area contributed by atoms with Crippen LogP contribution in [0.15, 0.2) is 28.8 Å². The molecule has 0 aliphatic heterocycles. The predicted molar refractivity (Wildman–Crippen MR) is 89.0 cm³/mol. The molecule has 0 bridgehead atoms. The number of hydrogen-bond acceptors (Lipinski definition) is 7. The summed E-state index contributed by atoms with van der Waals surface area (Å²) in [7, 11) is 1.58. The van der Waals surface area contributed by atoms with Gasteiger partial charge in [0.2, 0.25) is 11.7 Å². The van der Waals surface area contributed by atoms with E-state index in [1.165, 1.54) is 24.4 Å². The van der Waals surface area contributed by atoms with Crippen molar-refractivity contribution in [3.05, 3.63) is 30.1 Å². The summed E-state index contributed by atoms with van der Waals surface area (Å²) in [6, 6.07) is 7.72. The van der Waals surface area contributed by atoms with E-state index in [-0.39, 0.29) is 0 Å². The van der Waals surface area contributed by atoms with Crippen LogP contribution in [-0.4, -0.2) is 31.6 Å². The lowest BCUT2D eigenvalue weighted by Crippen LogP contribution is -1.80. The van der Waals surface area contributed by atoms with Gasteiger partial charge in [0.1, 0.15) is 5.82 Å². The lowest BCUT2D eigenvalue weighted by atomic mass is 10.2. The SMILES string of the molecule is COc1cc(-c2noc(-c3ccc4nc(C5CC5)[nH]c4c3)n2)sn1. The van der Waals surface area contributed by atoms with E-state index in [9.17, 15) is 0 Å². The van der Waals surface area contributed by atoms with Crippen LogP contribution in [0.25, 0.3) is 33.2 Å². The van der Waals surface area contributed by atoms with E-state index in [4.69, 9.17) is 9.26 Å². The van der Waals surface area contributed by atoms with Crippen LogP contribution < -0.4 is 4.74 Å². The van der Waals surface area contributed by atoms with Gasteiger partial charge < -0.3 is 14.2 Å². The minimum Gasteiger partial charge on any atom is -0.480 e. The molecular weight excluding hydrogens is 326 g/mol. The number of nitrogens with one attached hydrogen (secondary N) is 1. The lowest BCUT2D eigenvalue weighted by Gasteiger charge is -1.93. The molecule has 1 aliphatic carbocycles. The third-order valence-electron chi connectivity index (χ3n) is 4.06. The fraction of sp³-hybridized carbons (Fsp3) is 0.250. The van der Waals surface area contributed by atoms with Crippen molar-refractivity contribution < 1.29 is 9.26 Å². The Balaban J connectivity index is 1.50. The Bertz CT molecular complexity index is 1030. The Labute approximate surface area is 140 Å². The van der Waals surface area contributed by atoms with Gasteiger partial charge in [0, 0.05) is 17.5 Å². The maximum atomic E-state index is 5.41. The summed E-state index contributed by atoms with van der Waals surface area (Å²) in [4.78, 5) is 13.3. The highest BCUT2D eigenvalue weighted by atomic mass is 32.1. The number of rotatable bonds is 4. The fourth-order valence-corrected chi connectivity index (χ4v) is 3.25. The number of fused-ring (bicyclic) bond motifs is 1. The second kappa shape index (κ2) is 5.13. The summed E-state index contributed by atoms with van der Waals surface area (Å²) >= 11 is 1.28. The highest BCUT2D eigenvalue weighted by Gasteiger charge is 2.26. The molecule has 7 nitrogen and oxygen atoms in total. The van der Waals surface area contributed by atoms with Gasteiger partial charge in [-0.2, -0.15) is 9.36 Å². The number of aromatic nitrogens is 5. The average Bonchev–Trinajstić information content (AvgIpc) is 3.05. The number of benzene rings is 1. The molecule has 0 atom stereocenters. The first-order chi connectivity index (χ1) is 11.8. The third-order valence-corrected chi connectivity index (χ3v) is 4.82. The standard InChI is InChI=1S/C16H13N5O2S/c1-22-13-7-12(24-21-13)15-19-16(23-20-15)9-4-5-10-11(6-9)18-14(17-10)8-2-3-8/h4-8H,2-3H2,1H3,(H,17,18). The first-order valence-electron chi connectivity index (χ1n) is 7.65. The molecule has 3 aromatic heterocycles. The maximum Gasteiger partial charge on any atom is 0.258 e. The van der Waals surface area contributed by atoms with E-state index in [1.54, 1.807) is 13.2 Å². The molecule has 4 aromatic rings. The summed E-state index contributed by atoms with van der Waals surface area (Å²) < 4.78 is 14.6. The van der Waals surface area contributed by atoms with Crippen LogP contribution in [0.4, 0.5) is 0 Å². The Kier molecular flexibility index (Phi) is 2.93. The van der Waals surface area contributed by atoms with Crippen molar-refractivity contribution in [2.75, 3.05) is 7.11 Å². The monoisotopic (exact) mass is 339 g/mol. The lowest BCUT2D eigenvalue weighted by molar-refractivity contribution is 0.402. The van der Waals surface area contributed by atoms with E-state index in [2.05, 4.69) is 24.5 Å². The summed E-state index contributed by atoms with van der Waals surface area (Å²) in [5, 5.41) is 4.04. The van der Waals surface area contributed by atoms with Crippen LogP contribution in [0.1, 0.15) is 24.6 Å². The molecule has 0 unspecified atom stereocenters. The topological polar surface area (TPSA) is 89.7 Å². The Morgan fingerprint density at radius 1 is 1.25 bits per heavy atom. The Hall–Kier alpha value is -2.74. The van der Waals surface area contributed by atoms with Gasteiger partial charge in [-0.25, -0.2) is 4.98 Å². The van der Waals surface area contributed by atoms with Crippen molar-refractivity contribution in [2.45, 2.75) is 18.8 Å². The average molecular weight is 339 g/mol. The predicted octanol–water partition coefficient (Wildman–Crippen LogP) is 3.62. The van der Waals surface area contributed by atoms with Gasteiger partial charge in [0.15, 0.2) is 0 Å². The molecule has 120 valence electrons. The molecule has 24 heavy (non-hydrogen) atoms. The first-order valence-corrected chi connectivity index (χ1v) is 8.42. The number of hydrogen-bond donors (Lipinski definition) is 1. The maximum absolute atomic E-state index is 5.41. The van der Waals surface area contributed by atoms with E-state index in [1.807, 2.05) is 18.2 Å². The second-order valence-electron chi connectivity index (χ2n) is 5.78. The van der Waals surface area contributed by atoms with Gasteiger partial charge in [0.25, 0.3) is 5.89 Å². The van der Waals surface area contributed by atoms with Crippen LogP contribution in [0.3, 0.4) is 0 Å². The molecule has 0 amide bonds. The third kappa shape index (κ3) is 2.26. The molecular formula is C16H13N5O2S. The fourth-order valence-electron chi connectivity index (χ4n) is 2.61. The van der Waals surface area contributed by atoms with Crippen molar-refractivity contribution >= 4 is 22.6 Å². The Morgan fingerprint density at radius 3 is 2.96 bits per heavy atom. The smallest absolute Gasteiger partial charge is 0.258 e. The molecule has 1 aliphatic rings.